The summed E-state index contributed by atoms with van der Waals surface area (Å²) in [7, 11) is 0. The van der Waals surface area contributed by atoms with Crippen LogP contribution in [0.2, 0.25) is 0 Å². The number of esters is 1. The highest BCUT2D eigenvalue weighted by Gasteiger charge is 2.39. The molecule has 0 spiro atoms. The molecule has 3 unspecified atom stereocenters. The molecule has 0 saturated heterocycles. The van der Waals surface area contributed by atoms with Gasteiger partial charge < -0.3 is 25.2 Å². The van der Waals surface area contributed by atoms with E-state index in [9.17, 15) is 19.8 Å². The van der Waals surface area contributed by atoms with Gasteiger partial charge in [0, 0.05) is 24.7 Å². The molecule has 0 heterocycles. The van der Waals surface area contributed by atoms with Gasteiger partial charge in [0.2, 0.25) is 0 Å². The molecule has 7 heteroatoms. The van der Waals surface area contributed by atoms with Gasteiger partial charge >= 0.3 is 5.97 Å². The Morgan fingerprint density at radius 3 is 2.60 bits per heavy atom. The highest BCUT2D eigenvalue weighted by molar-refractivity contribution is 5.86. The summed E-state index contributed by atoms with van der Waals surface area (Å²) >= 11 is 0. The van der Waals surface area contributed by atoms with Crippen molar-refractivity contribution >= 4 is 11.8 Å². The van der Waals surface area contributed by atoms with Gasteiger partial charge in [-0.05, 0) is 25.7 Å². The molecule has 0 aromatic heterocycles. The first-order chi connectivity index (χ1) is 14.4. The molecule has 30 heavy (non-hydrogen) atoms. The lowest BCUT2D eigenvalue weighted by atomic mass is 9.90. The van der Waals surface area contributed by atoms with Crippen LogP contribution in [0.1, 0.15) is 64.7 Å². The average Bonchev–Trinajstić information content (AvgIpc) is 2.99. The predicted molar refractivity (Wildman–Crippen MR) is 114 cm³/mol. The fraction of sp³-hybridized carbons (Fsp3) is 0.739. The predicted octanol–water partition coefficient (Wildman–Crippen LogP) is 2.06. The third-order valence-electron chi connectivity index (χ3n) is 5.41. The summed E-state index contributed by atoms with van der Waals surface area (Å²) in [4.78, 5) is 23.8. The lowest BCUT2D eigenvalue weighted by molar-refractivity contribution is -0.153. The second-order valence-corrected chi connectivity index (χ2v) is 7.95. The average molecular weight is 427 g/mol. The number of carbonyl (C=O) groups excluding carboxylic acids is 2. The van der Waals surface area contributed by atoms with Crippen molar-refractivity contribution in [2.24, 2.45) is 11.8 Å². The Morgan fingerprint density at radius 1 is 1.20 bits per heavy atom. The molecule has 7 nitrogen and oxygen atoms in total. The number of ether oxygens (including phenoxy) is 1. The van der Waals surface area contributed by atoms with E-state index < -0.39 is 37.5 Å². The van der Waals surface area contributed by atoms with E-state index in [0.29, 0.717) is 25.7 Å². The highest BCUT2D eigenvalue weighted by Crippen LogP contribution is 2.33. The van der Waals surface area contributed by atoms with Crippen molar-refractivity contribution in [3.8, 4) is 0 Å². The zero-order valence-electron chi connectivity index (χ0n) is 18.0. The van der Waals surface area contributed by atoms with E-state index in [2.05, 4.69) is 6.92 Å². The smallest absolute Gasteiger partial charge is 0.306 e. The van der Waals surface area contributed by atoms with Gasteiger partial charge in [0.15, 0.2) is 0 Å². The summed E-state index contributed by atoms with van der Waals surface area (Å²) in [6.07, 6.45) is 11.0. The van der Waals surface area contributed by atoms with Crippen LogP contribution in [-0.4, -0.2) is 63.7 Å². The number of aliphatic hydroxyl groups excluding tert-OH is 4. The van der Waals surface area contributed by atoms with Crippen LogP contribution in [0, 0.1) is 11.8 Å². The molecule has 4 N–H and O–H groups in total. The largest absolute Gasteiger partial charge is 0.457 e. The van der Waals surface area contributed by atoms with E-state index in [-0.39, 0.29) is 30.5 Å². The van der Waals surface area contributed by atoms with E-state index in [1.165, 1.54) is 0 Å². The quantitative estimate of drug-likeness (QED) is 0.179. The van der Waals surface area contributed by atoms with Crippen molar-refractivity contribution in [2.45, 2.75) is 83.0 Å². The fourth-order valence-corrected chi connectivity index (χ4v) is 3.59. The Hall–Kier alpha value is -1.54. The molecule has 0 aromatic carbocycles. The molecular weight excluding hydrogens is 388 g/mol. The van der Waals surface area contributed by atoms with Crippen LogP contribution in [0.25, 0.3) is 0 Å². The van der Waals surface area contributed by atoms with Crippen molar-refractivity contribution in [1.29, 1.82) is 0 Å². The minimum absolute atomic E-state index is 0.00275. The Morgan fingerprint density at radius 2 is 1.93 bits per heavy atom. The van der Waals surface area contributed by atoms with Crippen molar-refractivity contribution in [3.05, 3.63) is 24.3 Å². The number of carbonyl (C=O) groups is 2. The van der Waals surface area contributed by atoms with Gasteiger partial charge in [-0.25, -0.2) is 0 Å². The van der Waals surface area contributed by atoms with Crippen LogP contribution in [0.4, 0.5) is 0 Å². The molecule has 0 bridgehead atoms. The van der Waals surface area contributed by atoms with Crippen LogP contribution < -0.4 is 0 Å². The summed E-state index contributed by atoms with van der Waals surface area (Å²) in [5.74, 6) is -1.04. The number of unbranched alkanes of at least 4 members (excludes halogenated alkanes) is 3. The van der Waals surface area contributed by atoms with Crippen molar-refractivity contribution in [3.63, 3.8) is 0 Å². The topological polar surface area (TPSA) is 124 Å². The van der Waals surface area contributed by atoms with Crippen molar-refractivity contribution in [1.82, 2.24) is 0 Å². The molecule has 0 aliphatic heterocycles. The van der Waals surface area contributed by atoms with Gasteiger partial charge in [0.25, 0.3) is 0 Å². The molecular formula is C23H38O7. The fourth-order valence-electron chi connectivity index (χ4n) is 3.59. The van der Waals surface area contributed by atoms with Crippen LogP contribution >= 0.6 is 0 Å². The zero-order valence-corrected chi connectivity index (χ0v) is 18.0. The molecule has 1 aliphatic carbocycles. The maximum atomic E-state index is 12.2. The van der Waals surface area contributed by atoms with Gasteiger partial charge in [-0.3, -0.25) is 9.59 Å². The van der Waals surface area contributed by atoms with E-state index in [1.807, 2.05) is 12.2 Å². The minimum atomic E-state index is -0.871. The second-order valence-electron chi connectivity index (χ2n) is 7.95. The van der Waals surface area contributed by atoms with Crippen LogP contribution in [-0.2, 0) is 14.3 Å². The Bertz CT molecular complexity index is 554. The molecule has 0 amide bonds. The molecule has 1 rings (SSSR count). The van der Waals surface area contributed by atoms with E-state index >= 15 is 0 Å². The van der Waals surface area contributed by atoms with E-state index in [4.69, 9.17) is 14.9 Å². The van der Waals surface area contributed by atoms with Crippen LogP contribution in [0.15, 0.2) is 24.3 Å². The third kappa shape index (κ3) is 9.98. The van der Waals surface area contributed by atoms with E-state index in [0.717, 1.165) is 19.3 Å². The summed E-state index contributed by atoms with van der Waals surface area (Å²) in [5, 5.41) is 38.0. The number of Topliss-reactive ketones (excluding diaryl/α,β-unsaturated/α-hetero) is 1. The number of allylic oxidation sites excluding steroid dienone is 3. The first kappa shape index (κ1) is 26.5. The normalized spacial score (nSPS) is 23.1. The molecule has 0 aromatic rings. The number of aliphatic hydroxyl groups is 4. The van der Waals surface area contributed by atoms with Crippen molar-refractivity contribution < 1.29 is 34.8 Å². The maximum absolute atomic E-state index is 12.2. The van der Waals surface area contributed by atoms with Crippen molar-refractivity contribution in [2.75, 3.05) is 13.2 Å². The second kappa shape index (κ2) is 15.3. The number of hydrogen-bond donors (Lipinski definition) is 4. The number of rotatable bonds is 15. The van der Waals surface area contributed by atoms with Gasteiger partial charge in [-0.15, -0.1) is 0 Å². The first-order valence-corrected chi connectivity index (χ1v) is 11.1. The zero-order chi connectivity index (χ0) is 22.4. The Kier molecular flexibility index (Phi) is 13.5. The van der Waals surface area contributed by atoms with Gasteiger partial charge in [0.1, 0.15) is 11.9 Å². The van der Waals surface area contributed by atoms with Crippen LogP contribution in [0.3, 0.4) is 0 Å². The lowest BCUT2D eigenvalue weighted by Crippen LogP contribution is -2.25. The maximum Gasteiger partial charge on any atom is 0.306 e. The monoisotopic (exact) mass is 426 g/mol. The molecule has 1 aliphatic rings. The summed E-state index contributed by atoms with van der Waals surface area (Å²) < 4.78 is 4.89. The third-order valence-corrected chi connectivity index (χ3v) is 5.41. The summed E-state index contributed by atoms with van der Waals surface area (Å²) in [5.41, 5.74) is 0. The molecule has 4 atom stereocenters. The van der Waals surface area contributed by atoms with Gasteiger partial charge in [0.05, 0.1) is 25.4 Å². The molecule has 1 saturated carbocycles. The minimum Gasteiger partial charge on any atom is -0.457 e. The molecule has 0 radical (unpaired) electrons. The van der Waals surface area contributed by atoms with Crippen LogP contribution in [0.5, 0.6) is 0 Å². The summed E-state index contributed by atoms with van der Waals surface area (Å²) in [6, 6.07) is 0. The molecule has 172 valence electrons. The SMILES string of the molecule is CCCCCC(O)/C=C/C1C(=O)C[C@H](O)C1C/C=C\CCCC(=O)OC(CO)CO. The highest BCUT2D eigenvalue weighted by atomic mass is 16.6. The summed E-state index contributed by atoms with van der Waals surface area (Å²) in [6.45, 7) is 1.29. The standard InChI is InChI=1S/C23H38O7/c1-2-3-6-9-17(26)12-13-20-19(21(27)14-22(20)28)10-7-4-5-8-11-23(29)30-18(15-24)16-25/h4,7,12-13,17-21,24-27H,2-3,5-6,8-11,14-16H2,1H3/b7-4-,13-12+/t17?,19?,20?,21-/m0/s1. The molecule has 1 fully saturated rings. The van der Waals surface area contributed by atoms with E-state index in [1.54, 1.807) is 12.2 Å². The van der Waals surface area contributed by atoms with Gasteiger partial charge in [-0.2, -0.15) is 0 Å². The Balaban J connectivity index is 2.40. The lowest BCUT2D eigenvalue weighted by Gasteiger charge is -2.17. The Labute approximate surface area is 179 Å². The first-order valence-electron chi connectivity index (χ1n) is 11.1. The number of hydrogen-bond acceptors (Lipinski definition) is 7. The number of ketones is 1. The van der Waals surface area contributed by atoms with Gasteiger partial charge in [-0.1, -0.05) is 50.5 Å².